The lowest BCUT2D eigenvalue weighted by molar-refractivity contribution is -0.139. The molecule has 7 nitrogen and oxygen atoms in total. The molecular weight excluding hydrogens is 330 g/mol. The molecule has 0 bridgehead atoms. The van der Waals surface area contributed by atoms with Crippen molar-refractivity contribution in [3.63, 3.8) is 0 Å². The molecule has 0 fully saturated rings. The van der Waals surface area contributed by atoms with Crippen molar-refractivity contribution in [1.82, 2.24) is 5.32 Å². The zero-order valence-corrected chi connectivity index (χ0v) is 14.6. The number of hydrogen-bond donors (Lipinski definition) is 5. The van der Waals surface area contributed by atoms with Crippen molar-refractivity contribution < 1.29 is 9.53 Å². The standard InChI is InChI=1S/C19H23N5O2/c1-26-17(25)11-24-10-16(12-5-7-13(8-6-12)18(20)21)14-3-2-4-15(9-14)19(22)23/h2-9,16,24H,10-11H2,1H3,(H3,20,21)(H3,22,23). The van der Waals surface area contributed by atoms with Crippen LogP contribution in [0.1, 0.15) is 28.2 Å². The third-order valence-electron chi connectivity index (χ3n) is 4.07. The molecule has 26 heavy (non-hydrogen) atoms. The Labute approximate surface area is 152 Å². The Morgan fingerprint density at radius 1 is 1.04 bits per heavy atom. The van der Waals surface area contributed by atoms with Crippen molar-refractivity contribution in [2.45, 2.75) is 5.92 Å². The summed E-state index contributed by atoms with van der Waals surface area (Å²) in [6.07, 6.45) is 0. The Bertz CT molecular complexity index is 802. The van der Waals surface area contributed by atoms with Crippen molar-refractivity contribution in [3.05, 3.63) is 70.8 Å². The largest absolute Gasteiger partial charge is 0.468 e. The molecule has 1 unspecified atom stereocenters. The van der Waals surface area contributed by atoms with Gasteiger partial charge in [0.15, 0.2) is 0 Å². The van der Waals surface area contributed by atoms with E-state index in [1.54, 1.807) is 18.2 Å². The molecule has 0 amide bonds. The summed E-state index contributed by atoms with van der Waals surface area (Å²) in [5.74, 6) is -0.399. The van der Waals surface area contributed by atoms with Crippen LogP contribution in [0, 0.1) is 10.8 Å². The van der Waals surface area contributed by atoms with Crippen molar-refractivity contribution >= 4 is 17.6 Å². The van der Waals surface area contributed by atoms with Crippen molar-refractivity contribution in [3.8, 4) is 0 Å². The number of nitrogens with two attached hydrogens (primary N) is 2. The molecule has 7 heteroatoms. The molecule has 1 atom stereocenters. The van der Waals surface area contributed by atoms with E-state index in [0.29, 0.717) is 17.7 Å². The number of hydrogen-bond acceptors (Lipinski definition) is 5. The first-order valence-electron chi connectivity index (χ1n) is 8.08. The number of amidine groups is 2. The average Bonchev–Trinajstić information content (AvgIpc) is 2.65. The Morgan fingerprint density at radius 2 is 1.69 bits per heavy atom. The number of rotatable bonds is 8. The second kappa shape index (κ2) is 8.77. The summed E-state index contributed by atoms with van der Waals surface area (Å²) in [6, 6.07) is 14.8. The first-order valence-corrected chi connectivity index (χ1v) is 8.08. The molecular formula is C19H23N5O2. The molecule has 0 saturated heterocycles. The Balaban J connectivity index is 2.31. The van der Waals surface area contributed by atoms with Crippen LogP contribution in [-0.2, 0) is 9.53 Å². The Hall–Kier alpha value is -3.19. The molecule has 0 aromatic heterocycles. The van der Waals surface area contributed by atoms with Gasteiger partial charge in [0.25, 0.3) is 0 Å². The third kappa shape index (κ3) is 4.90. The fraction of sp³-hybridized carbons (Fsp3) is 0.211. The van der Waals surface area contributed by atoms with Gasteiger partial charge < -0.3 is 21.5 Å². The summed E-state index contributed by atoms with van der Waals surface area (Å²) in [7, 11) is 1.35. The minimum absolute atomic E-state index is 0.0000440. The average molecular weight is 353 g/mol. The van der Waals surface area contributed by atoms with Gasteiger partial charge in [-0.2, -0.15) is 0 Å². The Morgan fingerprint density at radius 3 is 2.27 bits per heavy atom. The molecule has 0 aliphatic heterocycles. The second-order valence-electron chi connectivity index (χ2n) is 5.83. The summed E-state index contributed by atoms with van der Waals surface area (Å²) >= 11 is 0. The highest BCUT2D eigenvalue weighted by Gasteiger charge is 2.16. The van der Waals surface area contributed by atoms with Gasteiger partial charge in [-0.15, -0.1) is 0 Å². The van der Waals surface area contributed by atoms with Crippen LogP contribution in [0.25, 0.3) is 0 Å². The maximum absolute atomic E-state index is 11.4. The maximum Gasteiger partial charge on any atom is 0.319 e. The second-order valence-corrected chi connectivity index (χ2v) is 5.83. The van der Waals surface area contributed by atoms with Crippen LogP contribution in [0.3, 0.4) is 0 Å². The van der Waals surface area contributed by atoms with Gasteiger partial charge >= 0.3 is 5.97 Å². The summed E-state index contributed by atoms with van der Waals surface area (Å²) in [5, 5.41) is 18.2. The van der Waals surface area contributed by atoms with E-state index in [0.717, 1.165) is 11.1 Å². The normalized spacial score (nSPS) is 11.6. The SMILES string of the molecule is COC(=O)CNCC(c1ccc(C(=N)N)cc1)c1cccc(C(=N)N)c1. The van der Waals surface area contributed by atoms with Crippen LogP contribution in [-0.4, -0.2) is 37.8 Å². The smallest absolute Gasteiger partial charge is 0.319 e. The van der Waals surface area contributed by atoms with Crippen LogP contribution in [0.2, 0.25) is 0 Å². The highest BCUT2D eigenvalue weighted by molar-refractivity contribution is 5.95. The van der Waals surface area contributed by atoms with Gasteiger partial charge in [0.05, 0.1) is 13.7 Å². The van der Waals surface area contributed by atoms with E-state index >= 15 is 0 Å². The van der Waals surface area contributed by atoms with E-state index in [4.69, 9.17) is 22.3 Å². The van der Waals surface area contributed by atoms with E-state index in [2.05, 4.69) is 10.1 Å². The monoisotopic (exact) mass is 353 g/mol. The van der Waals surface area contributed by atoms with Gasteiger partial charge in [0.1, 0.15) is 11.7 Å². The van der Waals surface area contributed by atoms with Gasteiger partial charge in [0, 0.05) is 23.6 Å². The summed E-state index contributed by atoms with van der Waals surface area (Å²) in [5.41, 5.74) is 14.4. The lowest BCUT2D eigenvalue weighted by Gasteiger charge is -2.20. The number of carbonyl (C=O) groups excluding carboxylic acids is 1. The molecule has 0 aliphatic rings. The van der Waals surface area contributed by atoms with E-state index in [-0.39, 0.29) is 30.1 Å². The van der Waals surface area contributed by atoms with Crippen LogP contribution in [0.15, 0.2) is 48.5 Å². The van der Waals surface area contributed by atoms with Crippen molar-refractivity contribution in [2.75, 3.05) is 20.2 Å². The molecule has 136 valence electrons. The van der Waals surface area contributed by atoms with Crippen LogP contribution < -0.4 is 16.8 Å². The van der Waals surface area contributed by atoms with E-state index in [1.165, 1.54) is 7.11 Å². The van der Waals surface area contributed by atoms with Gasteiger partial charge in [-0.1, -0.05) is 42.5 Å². The molecule has 0 radical (unpaired) electrons. The highest BCUT2D eigenvalue weighted by atomic mass is 16.5. The van der Waals surface area contributed by atoms with E-state index < -0.39 is 0 Å². The minimum Gasteiger partial charge on any atom is -0.468 e. The first kappa shape index (κ1) is 19.1. The van der Waals surface area contributed by atoms with Crippen molar-refractivity contribution in [2.24, 2.45) is 11.5 Å². The fourth-order valence-electron chi connectivity index (χ4n) is 2.64. The first-order chi connectivity index (χ1) is 12.4. The van der Waals surface area contributed by atoms with Crippen LogP contribution in [0.4, 0.5) is 0 Å². The van der Waals surface area contributed by atoms with Crippen LogP contribution in [0.5, 0.6) is 0 Å². The van der Waals surface area contributed by atoms with Crippen molar-refractivity contribution in [1.29, 1.82) is 10.8 Å². The predicted octanol–water partition coefficient (Wildman–Crippen LogP) is 1.15. The molecule has 2 aromatic rings. The quantitative estimate of drug-likeness (QED) is 0.275. The summed E-state index contributed by atoms with van der Waals surface area (Å²) < 4.78 is 4.65. The van der Waals surface area contributed by atoms with E-state index in [9.17, 15) is 4.79 Å². The van der Waals surface area contributed by atoms with Gasteiger partial charge in [-0.3, -0.25) is 15.6 Å². The van der Waals surface area contributed by atoms with Gasteiger partial charge in [0.2, 0.25) is 0 Å². The molecule has 2 aromatic carbocycles. The number of nitrogen functional groups attached to an aromatic ring is 2. The zero-order chi connectivity index (χ0) is 19.1. The lowest BCUT2D eigenvalue weighted by Crippen LogP contribution is -2.29. The number of carbonyl (C=O) groups is 1. The number of esters is 1. The van der Waals surface area contributed by atoms with E-state index in [1.807, 2.05) is 30.3 Å². The van der Waals surface area contributed by atoms with Crippen LogP contribution >= 0.6 is 0 Å². The van der Waals surface area contributed by atoms with Gasteiger partial charge in [-0.25, -0.2) is 0 Å². The maximum atomic E-state index is 11.4. The minimum atomic E-state index is -0.340. The topological polar surface area (TPSA) is 138 Å². The molecule has 2 rings (SSSR count). The molecule has 0 heterocycles. The number of benzene rings is 2. The number of ether oxygens (including phenoxy) is 1. The molecule has 7 N–H and O–H groups in total. The lowest BCUT2D eigenvalue weighted by atomic mass is 9.89. The number of methoxy groups -OCH3 is 1. The molecule has 0 aliphatic carbocycles. The fourth-order valence-corrected chi connectivity index (χ4v) is 2.64. The predicted molar refractivity (Wildman–Crippen MR) is 102 cm³/mol. The molecule has 0 spiro atoms. The summed E-state index contributed by atoms with van der Waals surface area (Å²) in [6.45, 7) is 0.598. The third-order valence-corrected chi connectivity index (χ3v) is 4.07. The highest BCUT2D eigenvalue weighted by Crippen LogP contribution is 2.25. The Kier molecular flexibility index (Phi) is 6.46. The van der Waals surface area contributed by atoms with Gasteiger partial charge in [-0.05, 0) is 17.2 Å². The number of nitrogens with one attached hydrogen (secondary N) is 3. The summed E-state index contributed by atoms with van der Waals surface area (Å²) in [4.78, 5) is 11.4. The molecule has 0 saturated carbocycles. The zero-order valence-electron chi connectivity index (χ0n) is 14.6.